The van der Waals surface area contributed by atoms with Crippen molar-refractivity contribution in [3.8, 4) is 0 Å². The van der Waals surface area contributed by atoms with Crippen LogP contribution in [0.25, 0.3) is 10.2 Å². The molecule has 20 heavy (non-hydrogen) atoms. The maximum atomic E-state index is 11.9. The third-order valence-electron chi connectivity index (χ3n) is 3.12. The highest BCUT2D eigenvalue weighted by Gasteiger charge is 2.19. The average molecular weight is 292 g/mol. The van der Waals surface area contributed by atoms with E-state index in [1.54, 1.807) is 11.3 Å². The van der Waals surface area contributed by atoms with Crippen LogP contribution < -0.4 is 5.32 Å². The second-order valence-electron chi connectivity index (χ2n) is 5.48. The Labute approximate surface area is 122 Å². The van der Waals surface area contributed by atoms with Gasteiger partial charge >= 0.3 is 0 Å². The lowest BCUT2D eigenvalue weighted by atomic mass is 10.0. The summed E-state index contributed by atoms with van der Waals surface area (Å²) in [5.41, 5.74) is 0.632. The monoisotopic (exact) mass is 292 g/mol. The molecule has 0 spiro atoms. The lowest BCUT2D eigenvalue weighted by molar-refractivity contribution is -0.122. The van der Waals surface area contributed by atoms with Crippen molar-refractivity contribution in [1.29, 1.82) is 0 Å². The minimum Gasteiger partial charge on any atom is -0.396 e. The molecule has 0 unspecified atom stereocenters. The van der Waals surface area contributed by atoms with Crippen molar-refractivity contribution in [2.75, 3.05) is 6.61 Å². The van der Waals surface area contributed by atoms with E-state index in [9.17, 15) is 4.79 Å². The molecule has 2 rings (SSSR count). The molecule has 1 aromatic heterocycles. The molecule has 4 nitrogen and oxygen atoms in total. The number of aromatic nitrogens is 1. The molecule has 0 fully saturated rings. The smallest absolute Gasteiger partial charge is 0.220 e. The molecule has 2 N–H and O–H groups in total. The van der Waals surface area contributed by atoms with Gasteiger partial charge in [-0.2, -0.15) is 0 Å². The number of fused-ring (bicyclic) bond motifs is 1. The van der Waals surface area contributed by atoms with Crippen LogP contribution >= 0.6 is 11.3 Å². The van der Waals surface area contributed by atoms with Gasteiger partial charge in [-0.05, 0) is 32.4 Å². The normalized spacial score (nSPS) is 11.8. The Kier molecular flexibility index (Phi) is 4.73. The summed E-state index contributed by atoms with van der Waals surface area (Å²) >= 11 is 1.64. The summed E-state index contributed by atoms with van der Waals surface area (Å²) in [5.74, 6) is 0.00251. The average Bonchev–Trinajstić information content (AvgIpc) is 2.78. The summed E-state index contributed by atoms with van der Waals surface area (Å²) in [5, 5.41) is 12.9. The van der Waals surface area contributed by atoms with E-state index in [1.165, 1.54) is 0 Å². The minimum atomic E-state index is -0.362. The highest BCUT2D eigenvalue weighted by Crippen LogP contribution is 2.22. The van der Waals surface area contributed by atoms with Gasteiger partial charge in [-0.25, -0.2) is 4.98 Å². The largest absolute Gasteiger partial charge is 0.396 e. The summed E-state index contributed by atoms with van der Waals surface area (Å²) in [7, 11) is 0. The number of carbonyl (C=O) groups is 1. The van der Waals surface area contributed by atoms with Gasteiger partial charge in [0.15, 0.2) is 0 Å². The molecule has 0 radical (unpaired) electrons. The Morgan fingerprint density at radius 3 is 2.85 bits per heavy atom. The fourth-order valence-corrected chi connectivity index (χ4v) is 3.00. The SMILES string of the molecule is CC(C)(CCO)NC(=O)CCc1nc2ccccc2s1. The second kappa shape index (κ2) is 6.33. The van der Waals surface area contributed by atoms with Crippen LogP contribution in [-0.2, 0) is 11.2 Å². The number of amides is 1. The predicted molar refractivity (Wildman–Crippen MR) is 81.9 cm³/mol. The van der Waals surface area contributed by atoms with Crippen molar-refractivity contribution in [3.63, 3.8) is 0 Å². The zero-order chi connectivity index (χ0) is 14.6. The van der Waals surface area contributed by atoms with Crippen LogP contribution in [-0.4, -0.2) is 28.1 Å². The van der Waals surface area contributed by atoms with E-state index >= 15 is 0 Å². The zero-order valence-electron chi connectivity index (χ0n) is 11.8. The summed E-state index contributed by atoms with van der Waals surface area (Å²) in [6.07, 6.45) is 1.63. The number of aliphatic hydroxyl groups excluding tert-OH is 1. The Morgan fingerprint density at radius 1 is 1.40 bits per heavy atom. The number of carbonyl (C=O) groups excluding carboxylic acids is 1. The number of para-hydroxylation sites is 1. The second-order valence-corrected chi connectivity index (χ2v) is 6.60. The van der Waals surface area contributed by atoms with Crippen molar-refractivity contribution in [2.45, 2.75) is 38.6 Å². The molecule has 108 valence electrons. The molecular formula is C15H20N2O2S. The first-order valence-corrected chi connectivity index (χ1v) is 7.58. The molecule has 5 heteroatoms. The lowest BCUT2D eigenvalue weighted by Crippen LogP contribution is -2.44. The Balaban J connectivity index is 1.90. The molecule has 0 bridgehead atoms. The number of rotatable bonds is 6. The highest BCUT2D eigenvalue weighted by atomic mass is 32.1. The van der Waals surface area contributed by atoms with Gasteiger partial charge in [-0.1, -0.05) is 12.1 Å². The van der Waals surface area contributed by atoms with E-state index in [1.807, 2.05) is 38.1 Å². The molecule has 0 aliphatic heterocycles. The van der Waals surface area contributed by atoms with Crippen LogP contribution in [0.15, 0.2) is 24.3 Å². The van der Waals surface area contributed by atoms with Crippen molar-refractivity contribution >= 4 is 27.5 Å². The van der Waals surface area contributed by atoms with E-state index in [0.29, 0.717) is 19.3 Å². The number of nitrogens with zero attached hydrogens (tertiary/aromatic N) is 1. The van der Waals surface area contributed by atoms with Crippen LogP contribution in [0.5, 0.6) is 0 Å². The van der Waals surface area contributed by atoms with Gasteiger partial charge in [-0.15, -0.1) is 11.3 Å². The number of aryl methyl sites for hydroxylation is 1. The van der Waals surface area contributed by atoms with Crippen molar-refractivity contribution in [3.05, 3.63) is 29.3 Å². The Hall–Kier alpha value is -1.46. The standard InChI is InChI=1S/C15H20N2O2S/c1-15(2,9-10-18)17-13(19)7-8-14-16-11-5-3-4-6-12(11)20-14/h3-6,18H,7-10H2,1-2H3,(H,17,19). The third-order valence-corrected chi connectivity index (χ3v) is 4.21. The number of benzene rings is 1. The Bertz CT molecular complexity index is 559. The number of hydrogen-bond donors (Lipinski definition) is 2. The van der Waals surface area contributed by atoms with Crippen molar-refractivity contribution in [2.24, 2.45) is 0 Å². The van der Waals surface area contributed by atoms with Gasteiger partial charge in [0.05, 0.1) is 15.2 Å². The first-order valence-electron chi connectivity index (χ1n) is 6.76. The van der Waals surface area contributed by atoms with Crippen LogP contribution in [0.2, 0.25) is 0 Å². The summed E-state index contributed by atoms with van der Waals surface area (Å²) in [4.78, 5) is 16.4. The van der Waals surface area contributed by atoms with Crippen molar-refractivity contribution in [1.82, 2.24) is 10.3 Å². The fourth-order valence-electron chi connectivity index (χ4n) is 2.03. The lowest BCUT2D eigenvalue weighted by Gasteiger charge is -2.25. The molecule has 0 saturated carbocycles. The zero-order valence-corrected chi connectivity index (χ0v) is 12.7. The number of aliphatic hydroxyl groups is 1. The minimum absolute atomic E-state index is 0.00251. The van der Waals surface area contributed by atoms with Gasteiger partial charge < -0.3 is 10.4 Å². The molecule has 0 aliphatic carbocycles. The highest BCUT2D eigenvalue weighted by molar-refractivity contribution is 7.18. The first kappa shape index (κ1) is 14.9. The first-order chi connectivity index (χ1) is 9.50. The van der Waals surface area contributed by atoms with E-state index in [4.69, 9.17) is 5.11 Å². The van der Waals surface area contributed by atoms with E-state index in [2.05, 4.69) is 10.3 Å². The molecule has 0 aliphatic rings. The summed E-state index contributed by atoms with van der Waals surface area (Å²) in [6, 6.07) is 7.99. The van der Waals surface area contributed by atoms with Crippen molar-refractivity contribution < 1.29 is 9.90 Å². The summed E-state index contributed by atoms with van der Waals surface area (Å²) < 4.78 is 1.16. The molecule has 1 heterocycles. The Morgan fingerprint density at radius 2 is 2.15 bits per heavy atom. The van der Waals surface area contributed by atoms with Gasteiger partial charge in [0, 0.05) is 25.0 Å². The van der Waals surface area contributed by atoms with Gasteiger partial charge in [0.25, 0.3) is 0 Å². The topological polar surface area (TPSA) is 62.2 Å². The van der Waals surface area contributed by atoms with Gasteiger partial charge in [0.1, 0.15) is 0 Å². The fraction of sp³-hybridized carbons (Fsp3) is 0.467. The van der Waals surface area contributed by atoms with E-state index < -0.39 is 0 Å². The number of nitrogens with one attached hydrogen (secondary N) is 1. The van der Waals surface area contributed by atoms with Crippen LogP contribution in [0.1, 0.15) is 31.7 Å². The van der Waals surface area contributed by atoms with Gasteiger partial charge in [0.2, 0.25) is 5.91 Å². The van der Waals surface area contributed by atoms with Gasteiger partial charge in [-0.3, -0.25) is 4.79 Å². The van der Waals surface area contributed by atoms with Crippen LogP contribution in [0, 0.1) is 0 Å². The molecule has 1 aromatic carbocycles. The predicted octanol–water partition coefficient (Wildman–Crippen LogP) is 2.51. The maximum Gasteiger partial charge on any atom is 0.220 e. The number of hydrogen-bond acceptors (Lipinski definition) is 4. The molecule has 1 amide bonds. The molecule has 0 atom stereocenters. The maximum absolute atomic E-state index is 11.9. The van der Waals surface area contributed by atoms with E-state index in [0.717, 1.165) is 15.2 Å². The van der Waals surface area contributed by atoms with E-state index in [-0.39, 0.29) is 18.1 Å². The summed E-state index contributed by atoms with van der Waals surface area (Å²) in [6.45, 7) is 3.91. The number of thiazole rings is 1. The van der Waals surface area contributed by atoms with Crippen LogP contribution in [0.3, 0.4) is 0 Å². The third kappa shape index (κ3) is 4.02. The molecular weight excluding hydrogens is 272 g/mol. The molecule has 0 saturated heterocycles. The quantitative estimate of drug-likeness (QED) is 0.860. The molecule has 2 aromatic rings. The van der Waals surface area contributed by atoms with Crippen LogP contribution in [0.4, 0.5) is 0 Å².